The number of ether oxygens (including phenoxy) is 1. The van der Waals surface area contributed by atoms with Crippen molar-refractivity contribution < 1.29 is 19.4 Å². The molecule has 2 N–H and O–H groups in total. The van der Waals surface area contributed by atoms with E-state index >= 15 is 0 Å². The van der Waals surface area contributed by atoms with Gasteiger partial charge in [0.15, 0.2) is 0 Å². The molecule has 110 valence electrons. The van der Waals surface area contributed by atoms with Crippen molar-refractivity contribution in [3.05, 3.63) is 0 Å². The maximum absolute atomic E-state index is 11.8. The van der Waals surface area contributed by atoms with Gasteiger partial charge in [0, 0.05) is 6.04 Å². The zero-order valence-electron chi connectivity index (χ0n) is 12.2. The van der Waals surface area contributed by atoms with Gasteiger partial charge in [-0.25, -0.2) is 0 Å². The van der Waals surface area contributed by atoms with Gasteiger partial charge in [-0.1, -0.05) is 0 Å². The monoisotopic (exact) mass is 271 g/mol. The van der Waals surface area contributed by atoms with E-state index in [0.717, 1.165) is 12.8 Å². The molecule has 0 amide bonds. The van der Waals surface area contributed by atoms with Crippen LogP contribution in [0.15, 0.2) is 0 Å². The van der Waals surface area contributed by atoms with E-state index in [2.05, 4.69) is 5.32 Å². The van der Waals surface area contributed by atoms with Gasteiger partial charge in [-0.15, -0.1) is 0 Å². The molecular formula is C14H25NO4. The smallest absolute Gasteiger partial charge is 0.323 e. The van der Waals surface area contributed by atoms with Gasteiger partial charge >= 0.3 is 11.9 Å². The molecule has 1 saturated carbocycles. The molecule has 0 saturated heterocycles. The average Bonchev–Trinajstić information content (AvgIpc) is 2.27. The molecule has 0 aromatic carbocycles. The molecule has 19 heavy (non-hydrogen) atoms. The fourth-order valence-electron chi connectivity index (χ4n) is 2.32. The number of rotatable bonds is 4. The number of carboxylic acids is 1. The van der Waals surface area contributed by atoms with Crippen molar-refractivity contribution in [2.24, 2.45) is 5.92 Å². The molecule has 5 heteroatoms. The molecule has 1 aliphatic carbocycles. The Kier molecular flexibility index (Phi) is 5.35. The first-order valence-corrected chi connectivity index (χ1v) is 6.91. The Bertz CT molecular complexity index is 327. The van der Waals surface area contributed by atoms with E-state index in [-0.39, 0.29) is 24.0 Å². The molecule has 1 aliphatic rings. The molecule has 5 nitrogen and oxygen atoms in total. The number of carbonyl (C=O) groups is 2. The third kappa shape index (κ3) is 5.59. The van der Waals surface area contributed by atoms with Gasteiger partial charge in [-0.05, 0) is 53.4 Å². The highest BCUT2D eigenvalue weighted by Crippen LogP contribution is 2.24. The van der Waals surface area contributed by atoms with Gasteiger partial charge in [0.1, 0.15) is 11.6 Å². The molecule has 0 spiro atoms. The predicted octanol–water partition coefficient (Wildman–Crippen LogP) is 1.95. The van der Waals surface area contributed by atoms with Crippen LogP contribution in [0.1, 0.15) is 53.4 Å². The zero-order chi connectivity index (χ0) is 14.6. The molecule has 0 heterocycles. The summed E-state index contributed by atoms with van der Waals surface area (Å²) in [4.78, 5) is 22.7. The largest absolute Gasteiger partial charge is 0.481 e. The fourth-order valence-corrected chi connectivity index (χ4v) is 2.32. The molecule has 1 rings (SSSR count). The van der Waals surface area contributed by atoms with Gasteiger partial charge < -0.3 is 15.2 Å². The highest BCUT2D eigenvalue weighted by Gasteiger charge is 2.29. The SMILES string of the molecule is CC(NC1CCC(C(=O)O)CC1)C(=O)OC(C)(C)C. The second kappa shape index (κ2) is 6.37. The van der Waals surface area contributed by atoms with E-state index < -0.39 is 11.6 Å². The number of esters is 1. The van der Waals surface area contributed by atoms with Crippen molar-refractivity contribution >= 4 is 11.9 Å². The van der Waals surface area contributed by atoms with Crippen molar-refractivity contribution in [3.63, 3.8) is 0 Å². The maximum atomic E-state index is 11.8. The van der Waals surface area contributed by atoms with E-state index in [0.29, 0.717) is 12.8 Å². The molecule has 1 fully saturated rings. The number of nitrogens with one attached hydrogen (secondary N) is 1. The Morgan fingerprint density at radius 3 is 2.16 bits per heavy atom. The summed E-state index contributed by atoms with van der Waals surface area (Å²) in [5.74, 6) is -1.19. The van der Waals surface area contributed by atoms with Crippen LogP contribution in [0.25, 0.3) is 0 Å². The lowest BCUT2D eigenvalue weighted by Gasteiger charge is -2.30. The average molecular weight is 271 g/mol. The molecule has 0 radical (unpaired) electrons. The van der Waals surface area contributed by atoms with E-state index in [1.165, 1.54) is 0 Å². The number of aliphatic carboxylic acids is 1. The van der Waals surface area contributed by atoms with Crippen molar-refractivity contribution in [1.82, 2.24) is 5.32 Å². The Balaban J connectivity index is 2.36. The van der Waals surface area contributed by atoms with Gasteiger partial charge in [0.05, 0.1) is 5.92 Å². The van der Waals surface area contributed by atoms with Crippen molar-refractivity contribution in [2.45, 2.75) is 71.1 Å². The van der Waals surface area contributed by atoms with Gasteiger partial charge in [-0.3, -0.25) is 9.59 Å². The Hall–Kier alpha value is -1.10. The van der Waals surface area contributed by atoms with Gasteiger partial charge in [-0.2, -0.15) is 0 Å². The standard InChI is InChI=1S/C14H25NO4/c1-9(13(18)19-14(2,3)4)15-11-7-5-10(6-8-11)12(16)17/h9-11,15H,5-8H2,1-4H3,(H,16,17). The van der Waals surface area contributed by atoms with Crippen LogP contribution >= 0.6 is 0 Å². The summed E-state index contributed by atoms with van der Waals surface area (Å²) in [6.07, 6.45) is 2.94. The van der Waals surface area contributed by atoms with E-state index in [4.69, 9.17) is 9.84 Å². The number of carbonyl (C=O) groups excluding carboxylic acids is 1. The summed E-state index contributed by atoms with van der Waals surface area (Å²) in [6, 6.07) is -0.149. The summed E-state index contributed by atoms with van der Waals surface area (Å²) in [5, 5.41) is 12.2. The first kappa shape index (κ1) is 16.0. The van der Waals surface area contributed by atoms with Gasteiger partial charge in [0.25, 0.3) is 0 Å². The predicted molar refractivity (Wildman–Crippen MR) is 71.8 cm³/mol. The third-order valence-electron chi connectivity index (χ3n) is 3.32. The van der Waals surface area contributed by atoms with Crippen LogP contribution in [-0.4, -0.2) is 34.7 Å². The summed E-state index contributed by atoms with van der Waals surface area (Å²) in [6.45, 7) is 7.32. The second-order valence-corrected chi connectivity index (χ2v) is 6.31. The van der Waals surface area contributed by atoms with Crippen LogP contribution in [0.5, 0.6) is 0 Å². The Labute approximate surface area is 114 Å². The van der Waals surface area contributed by atoms with E-state index in [1.807, 2.05) is 20.8 Å². The lowest BCUT2D eigenvalue weighted by molar-refractivity contribution is -0.157. The number of hydrogen-bond acceptors (Lipinski definition) is 4. The minimum Gasteiger partial charge on any atom is -0.481 e. The summed E-state index contributed by atoms with van der Waals surface area (Å²) in [7, 11) is 0. The van der Waals surface area contributed by atoms with Crippen LogP contribution in [0.4, 0.5) is 0 Å². The first-order chi connectivity index (χ1) is 8.69. The number of hydrogen-bond donors (Lipinski definition) is 2. The Morgan fingerprint density at radius 2 is 1.74 bits per heavy atom. The van der Waals surface area contributed by atoms with Crippen LogP contribution < -0.4 is 5.32 Å². The maximum Gasteiger partial charge on any atom is 0.323 e. The summed E-state index contributed by atoms with van der Waals surface area (Å²) < 4.78 is 5.30. The lowest BCUT2D eigenvalue weighted by atomic mass is 9.86. The third-order valence-corrected chi connectivity index (χ3v) is 3.32. The molecule has 0 aromatic rings. The highest BCUT2D eigenvalue weighted by molar-refractivity contribution is 5.75. The lowest BCUT2D eigenvalue weighted by Crippen LogP contribution is -2.45. The summed E-state index contributed by atoms with van der Waals surface area (Å²) >= 11 is 0. The zero-order valence-corrected chi connectivity index (χ0v) is 12.2. The number of carboxylic acid groups (broad SMARTS) is 1. The molecular weight excluding hydrogens is 246 g/mol. The van der Waals surface area contributed by atoms with Crippen molar-refractivity contribution in [1.29, 1.82) is 0 Å². The minimum atomic E-state index is -0.710. The second-order valence-electron chi connectivity index (χ2n) is 6.31. The Morgan fingerprint density at radius 1 is 1.21 bits per heavy atom. The van der Waals surface area contributed by atoms with Crippen LogP contribution in [0.3, 0.4) is 0 Å². The van der Waals surface area contributed by atoms with Gasteiger partial charge in [0.2, 0.25) is 0 Å². The molecule has 1 atom stereocenters. The highest BCUT2D eigenvalue weighted by atomic mass is 16.6. The van der Waals surface area contributed by atoms with Crippen molar-refractivity contribution in [3.8, 4) is 0 Å². The molecule has 1 unspecified atom stereocenters. The minimum absolute atomic E-state index is 0.207. The van der Waals surface area contributed by atoms with E-state index in [9.17, 15) is 9.59 Å². The molecule has 0 aliphatic heterocycles. The fraction of sp³-hybridized carbons (Fsp3) is 0.857. The molecule has 0 aromatic heterocycles. The summed E-state index contributed by atoms with van der Waals surface area (Å²) in [5.41, 5.74) is -0.478. The van der Waals surface area contributed by atoms with E-state index in [1.54, 1.807) is 6.92 Å². The van der Waals surface area contributed by atoms with Crippen LogP contribution in [-0.2, 0) is 14.3 Å². The first-order valence-electron chi connectivity index (χ1n) is 6.91. The van der Waals surface area contributed by atoms with Crippen molar-refractivity contribution in [2.75, 3.05) is 0 Å². The normalized spacial score (nSPS) is 25.7. The topological polar surface area (TPSA) is 75.6 Å². The molecule has 0 bridgehead atoms. The van der Waals surface area contributed by atoms with Crippen LogP contribution in [0.2, 0.25) is 0 Å². The quantitative estimate of drug-likeness (QED) is 0.764. The van der Waals surface area contributed by atoms with Crippen LogP contribution in [0, 0.1) is 5.92 Å².